The van der Waals surface area contributed by atoms with Crippen molar-refractivity contribution in [2.75, 3.05) is 5.32 Å². The second-order valence-corrected chi connectivity index (χ2v) is 5.13. The van der Waals surface area contributed by atoms with E-state index in [9.17, 15) is 9.59 Å². The van der Waals surface area contributed by atoms with Gasteiger partial charge in [-0.05, 0) is 17.5 Å². The summed E-state index contributed by atoms with van der Waals surface area (Å²) in [6.45, 7) is 3.55. The molecule has 1 aliphatic heterocycles. The van der Waals surface area contributed by atoms with Gasteiger partial charge in [-0.25, -0.2) is 4.79 Å². The van der Waals surface area contributed by atoms with Crippen molar-refractivity contribution in [1.29, 1.82) is 0 Å². The highest BCUT2D eigenvalue weighted by atomic mass is 16.4. The van der Waals surface area contributed by atoms with Crippen molar-refractivity contribution in [3.63, 3.8) is 0 Å². The summed E-state index contributed by atoms with van der Waals surface area (Å²) >= 11 is 0. The van der Waals surface area contributed by atoms with Crippen LogP contribution in [-0.2, 0) is 16.0 Å². The van der Waals surface area contributed by atoms with E-state index < -0.39 is 18.1 Å². The van der Waals surface area contributed by atoms with Crippen LogP contribution in [0.1, 0.15) is 19.4 Å². The molecule has 1 heterocycles. The number of carbonyl (C=O) groups excluding carboxylic acids is 1. The predicted octanol–water partition coefficient (Wildman–Crippen LogP) is 1.25. The summed E-state index contributed by atoms with van der Waals surface area (Å²) in [7, 11) is 0. The normalized spacial score (nSPS) is 18.6. The van der Waals surface area contributed by atoms with Gasteiger partial charge in [0.05, 0.1) is 0 Å². The van der Waals surface area contributed by atoms with E-state index in [2.05, 4.69) is 10.6 Å². The summed E-state index contributed by atoms with van der Waals surface area (Å²) in [4.78, 5) is 23.2. The summed E-state index contributed by atoms with van der Waals surface area (Å²) in [6.07, 6.45) is 0.590. The Morgan fingerprint density at radius 3 is 2.63 bits per heavy atom. The number of aliphatic carboxylic acids is 1. The van der Waals surface area contributed by atoms with Crippen molar-refractivity contribution in [1.82, 2.24) is 5.32 Å². The Morgan fingerprint density at radius 1 is 1.37 bits per heavy atom. The molecule has 2 rings (SSSR count). The molecule has 102 valence electrons. The first kappa shape index (κ1) is 13.4. The molecule has 5 heteroatoms. The van der Waals surface area contributed by atoms with Crippen LogP contribution < -0.4 is 10.6 Å². The lowest BCUT2D eigenvalue weighted by atomic mass is 10.0. The Labute approximate surface area is 112 Å². The molecule has 1 aromatic carbocycles. The largest absolute Gasteiger partial charge is 0.480 e. The molecule has 2 unspecified atom stereocenters. The SMILES string of the molecule is CC(C)C(NC(=O)C1Cc2ccccc2N1)C(=O)O. The number of hydrogen-bond donors (Lipinski definition) is 3. The van der Waals surface area contributed by atoms with Gasteiger partial charge in [-0.3, -0.25) is 4.79 Å². The maximum absolute atomic E-state index is 12.1. The number of hydrogen-bond acceptors (Lipinski definition) is 3. The van der Waals surface area contributed by atoms with Crippen molar-refractivity contribution < 1.29 is 14.7 Å². The van der Waals surface area contributed by atoms with E-state index in [1.165, 1.54) is 0 Å². The van der Waals surface area contributed by atoms with Crippen LogP contribution in [0.4, 0.5) is 5.69 Å². The fourth-order valence-corrected chi connectivity index (χ4v) is 2.22. The molecule has 0 aliphatic carbocycles. The number of carbonyl (C=O) groups is 2. The van der Waals surface area contributed by atoms with Crippen molar-refractivity contribution in [2.45, 2.75) is 32.4 Å². The van der Waals surface area contributed by atoms with Crippen molar-refractivity contribution >= 4 is 17.6 Å². The molecule has 0 spiro atoms. The predicted molar refractivity (Wildman–Crippen MR) is 72.0 cm³/mol. The van der Waals surface area contributed by atoms with Crippen LogP contribution in [0.3, 0.4) is 0 Å². The van der Waals surface area contributed by atoms with E-state index in [0.29, 0.717) is 6.42 Å². The molecule has 2 atom stereocenters. The standard InChI is InChI=1S/C14H18N2O3/c1-8(2)12(14(18)19)16-13(17)11-7-9-5-3-4-6-10(9)15-11/h3-6,8,11-12,15H,7H2,1-2H3,(H,16,17)(H,18,19). The molecular formula is C14H18N2O3. The van der Waals surface area contributed by atoms with Gasteiger partial charge < -0.3 is 15.7 Å². The third-order valence-electron chi connectivity index (χ3n) is 3.32. The number of nitrogens with one attached hydrogen (secondary N) is 2. The topological polar surface area (TPSA) is 78.4 Å². The third-order valence-corrected chi connectivity index (χ3v) is 3.32. The number of amides is 1. The van der Waals surface area contributed by atoms with E-state index >= 15 is 0 Å². The fraction of sp³-hybridized carbons (Fsp3) is 0.429. The number of para-hydroxylation sites is 1. The Balaban J connectivity index is 2.01. The first-order valence-electron chi connectivity index (χ1n) is 6.36. The van der Waals surface area contributed by atoms with E-state index in [4.69, 9.17) is 5.11 Å². The van der Waals surface area contributed by atoms with Gasteiger partial charge in [-0.15, -0.1) is 0 Å². The second-order valence-electron chi connectivity index (χ2n) is 5.13. The van der Waals surface area contributed by atoms with E-state index in [1.54, 1.807) is 13.8 Å². The zero-order chi connectivity index (χ0) is 14.0. The zero-order valence-corrected chi connectivity index (χ0v) is 11.0. The first-order valence-corrected chi connectivity index (χ1v) is 6.36. The van der Waals surface area contributed by atoms with Crippen LogP contribution in [0.25, 0.3) is 0 Å². The quantitative estimate of drug-likeness (QED) is 0.763. The lowest BCUT2D eigenvalue weighted by Gasteiger charge is -2.20. The molecule has 0 radical (unpaired) electrons. The van der Waals surface area contributed by atoms with Gasteiger partial charge in [0, 0.05) is 12.1 Å². The lowest BCUT2D eigenvalue weighted by Crippen LogP contribution is -2.49. The minimum absolute atomic E-state index is 0.148. The highest BCUT2D eigenvalue weighted by molar-refractivity contribution is 5.90. The molecule has 3 N–H and O–H groups in total. The van der Waals surface area contributed by atoms with Crippen LogP contribution in [0, 0.1) is 5.92 Å². The molecule has 0 aromatic heterocycles. The number of fused-ring (bicyclic) bond motifs is 1. The average molecular weight is 262 g/mol. The Hall–Kier alpha value is -2.04. The molecule has 5 nitrogen and oxygen atoms in total. The monoisotopic (exact) mass is 262 g/mol. The molecule has 1 amide bonds. The average Bonchev–Trinajstić information content (AvgIpc) is 2.78. The number of carboxylic acid groups (broad SMARTS) is 1. The van der Waals surface area contributed by atoms with Gasteiger partial charge in [-0.2, -0.15) is 0 Å². The molecule has 1 aromatic rings. The van der Waals surface area contributed by atoms with Crippen molar-refractivity contribution in [3.8, 4) is 0 Å². The molecule has 0 fully saturated rings. The number of anilines is 1. The fourth-order valence-electron chi connectivity index (χ4n) is 2.22. The first-order chi connectivity index (χ1) is 8.99. The van der Waals surface area contributed by atoms with Gasteiger partial charge in [0.2, 0.25) is 5.91 Å². The zero-order valence-electron chi connectivity index (χ0n) is 11.0. The van der Waals surface area contributed by atoms with Crippen LogP contribution in [0.15, 0.2) is 24.3 Å². The van der Waals surface area contributed by atoms with Gasteiger partial charge in [0.25, 0.3) is 0 Å². The summed E-state index contributed by atoms with van der Waals surface area (Å²) in [6, 6.07) is 6.47. The minimum Gasteiger partial charge on any atom is -0.480 e. The Kier molecular flexibility index (Phi) is 3.74. The maximum Gasteiger partial charge on any atom is 0.326 e. The number of carboxylic acids is 1. The van der Waals surface area contributed by atoms with E-state index in [-0.39, 0.29) is 11.8 Å². The van der Waals surface area contributed by atoms with Crippen LogP contribution in [-0.4, -0.2) is 29.1 Å². The van der Waals surface area contributed by atoms with Crippen LogP contribution >= 0.6 is 0 Å². The van der Waals surface area contributed by atoms with Crippen LogP contribution in [0.5, 0.6) is 0 Å². The highest BCUT2D eigenvalue weighted by Gasteiger charge is 2.30. The molecule has 0 saturated carbocycles. The Bertz CT molecular complexity index is 474. The van der Waals surface area contributed by atoms with Crippen LogP contribution in [0.2, 0.25) is 0 Å². The third kappa shape index (κ3) is 2.86. The lowest BCUT2D eigenvalue weighted by molar-refractivity contribution is -0.143. The summed E-state index contributed by atoms with van der Waals surface area (Å²) < 4.78 is 0. The van der Waals surface area contributed by atoms with E-state index in [0.717, 1.165) is 11.3 Å². The van der Waals surface area contributed by atoms with Gasteiger partial charge in [-0.1, -0.05) is 32.0 Å². The smallest absolute Gasteiger partial charge is 0.326 e. The highest BCUT2D eigenvalue weighted by Crippen LogP contribution is 2.25. The summed E-state index contributed by atoms with van der Waals surface area (Å²) in [5.74, 6) is -1.42. The van der Waals surface area contributed by atoms with Gasteiger partial charge in [0.1, 0.15) is 12.1 Å². The van der Waals surface area contributed by atoms with E-state index in [1.807, 2.05) is 24.3 Å². The molecule has 0 saturated heterocycles. The minimum atomic E-state index is -1.00. The van der Waals surface area contributed by atoms with Crippen molar-refractivity contribution in [3.05, 3.63) is 29.8 Å². The number of rotatable bonds is 4. The molecule has 0 bridgehead atoms. The molecule has 19 heavy (non-hydrogen) atoms. The number of benzene rings is 1. The van der Waals surface area contributed by atoms with Gasteiger partial charge in [0.15, 0.2) is 0 Å². The maximum atomic E-state index is 12.1. The summed E-state index contributed by atoms with van der Waals surface area (Å²) in [5, 5.41) is 14.8. The molecular weight excluding hydrogens is 244 g/mol. The summed E-state index contributed by atoms with van der Waals surface area (Å²) in [5.41, 5.74) is 2.03. The second kappa shape index (κ2) is 5.30. The van der Waals surface area contributed by atoms with Crippen molar-refractivity contribution in [2.24, 2.45) is 5.92 Å². The molecule has 1 aliphatic rings. The Morgan fingerprint density at radius 2 is 2.05 bits per heavy atom. The van der Waals surface area contributed by atoms with Gasteiger partial charge >= 0.3 is 5.97 Å².